The molecule has 0 radical (unpaired) electrons. The highest BCUT2D eigenvalue weighted by atomic mass is 19.4. The second-order valence-corrected chi connectivity index (χ2v) is 11.8. The summed E-state index contributed by atoms with van der Waals surface area (Å²) in [5.74, 6) is -9.91. The number of halogens is 3. The molecule has 1 saturated heterocycles. The molecule has 2 aromatic carbocycles. The van der Waals surface area contributed by atoms with E-state index >= 15 is 0 Å². The Bertz CT molecular complexity index is 1430. The number of rotatable bonds is 16. The van der Waals surface area contributed by atoms with E-state index in [1.807, 2.05) is 6.92 Å². The molecular weight excluding hydrogens is 623 g/mol. The lowest BCUT2D eigenvalue weighted by molar-refractivity contribution is -0.155. The lowest BCUT2D eigenvalue weighted by Gasteiger charge is -2.25. The number of amides is 2. The Kier molecular flexibility index (Phi) is 13.1. The summed E-state index contributed by atoms with van der Waals surface area (Å²) in [5, 5.41) is 18.7. The molecule has 3 rings (SSSR count). The van der Waals surface area contributed by atoms with E-state index in [1.165, 1.54) is 19.9 Å². The van der Waals surface area contributed by atoms with Crippen molar-refractivity contribution in [2.24, 2.45) is 29.6 Å². The van der Waals surface area contributed by atoms with Crippen LogP contribution in [0.1, 0.15) is 58.4 Å². The van der Waals surface area contributed by atoms with Crippen LogP contribution in [-0.4, -0.2) is 59.8 Å². The van der Waals surface area contributed by atoms with Crippen LogP contribution < -0.4 is 4.90 Å². The minimum absolute atomic E-state index is 0.0798. The molecule has 1 aliphatic rings. The summed E-state index contributed by atoms with van der Waals surface area (Å²) < 4.78 is 52.3. The van der Waals surface area contributed by atoms with Crippen LogP contribution in [0.15, 0.2) is 48.5 Å². The van der Waals surface area contributed by atoms with Gasteiger partial charge < -0.3 is 19.7 Å². The molecule has 2 N–H and O–H groups in total. The molecule has 1 heterocycles. The van der Waals surface area contributed by atoms with Gasteiger partial charge in [0, 0.05) is 5.92 Å². The van der Waals surface area contributed by atoms with Crippen LogP contribution in [0.3, 0.4) is 0 Å². The van der Waals surface area contributed by atoms with Crippen molar-refractivity contribution in [1.82, 2.24) is 0 Å². The number of hydrogen-bond donors (Lipinski definition) is 2. The summed E-state index contributed by atoms with van der Waals surface area (Å²) in [7, 11) is 0. The van der Waals surface area contributed by atoms with Crippen LogP contribution in [-0.2, 0) is 39.6 Å². The van der Waals surface area contributed by atoms with Gasteiger partial charge in [0.2, 0.25) is 11.8 Å². The first-order valence-electron chi connectivity index (χ1n) is 15.5. The summed E-state index contributed by atoms with van der Waals surface area (Å²) in [6, 6.07) is 11.1. The van der Waals surface area contributed by atoms with Gasteiger partial charge in [-0.1, -0.05) is 57.5 Å². The molecule has 1 aliphatic heterocycles. The minimum Gasteiger partial charge on any atom is -0.481 e. The molecule has 0 bridgehead atoms. The molecule has 2 amide bonds. The monoisotopic (exact) mass is 663 g/mol. The Hall–Kier alpha value is -4.26. The third-order valence-corrected chi connectivity index (χ3v) is 8.27. The third-order valence-electron chi connectivity index (χ3n) is 8.27. The molecule has 47 heavy (non-hydrogen) atoms. The van der Waals surface area contributed by atoms with E-state index in [1.54, 1.807) is 30.3 Å². The quantitative estimate of drug-likeness (QED) is 0.135. The number of anilines is 1. The highest BCUT2D eigenvalue weighted by molar-refractivity contribution is 6.22. The van der Waals surface area contributed by atoms with Crippen molar-refractivity contribution < 1.29 is 56.8 Å². The number of carbonyl (C=O) groups is 5. The molecule has 0 spiro atoms. The number of carboxylic acids is 1. The van der Waals surface area contributed by atoms with Gasteiger partial charge in [0.05, 0.1) is 48.1 Å². The molecule has 0 aliphatic carbocycles. The molecule has 256 valence electrons. The number of aliphatic hydroxyl groups is 1. The Labute approximate surface area is 270 Å². The first kappa shape index (κ1) is 37.2. The molecule has 0 saturated carbocycles. The zero-order valence-corrected chi connectivity index (χ0v) is 26.5. The van der Waals surface area contributed by atoms with E-state index < -0.39 is 84.3 Å². The summed E-state index contributed by atoms with van der Waals surface area (Å²) in [5.41, 5.74) is -0.777. The molecule has 10 nitrogen and oxygen atoms in total. The lowest BCUT2D eigenvalue weighted by Crippen LogP contribution is -2.33. The summed E-state index contributed by atoms with van der Waals surface area (Å²) in [6.07, 6.45) is -4.29. The summed E-state index contributed by atoms with van der Waals surface area (Å²) >= 11 is 0. The van der Waals surface area contributed by atoms with Gasteiger partial charge in [0.15, 0.2) is 0 Å². The smallest absolute Gasteiger partial charge is 0.416 e. The molecule has 0 aromatic heterocycles. The molecule has 5 unspecified atom stereocenters. The molecule has 2 aromatic rings. The largest absolute Gasteiger partial charge is 0.481 e. The van der Waals surface area contributed by atoms with Crippen molar-refractivity contribution in [1.29, 1.82) is 0 Å². The number of carboxylic acid groups (broad SMARTS) is 1. The number of hydrogen-bond acceptors (Lipinski definition) is 8. The van der Waals surface area contributed by atoms with Gasteiger partial charge in [-0.05, 0) is 55.0 Å². The van der Waals surface area contributed by atoms with Gasteiger partial charge >= 0.3 is 24.1 Å². The van der Waals surface area contributed by atoms with Crippen molar-refractivity contribution in [2.45, 2.75) is 59.1 Å². The highest BCUT2D eigenvalue weighted by Gasteiger charge is 2.48. The van der Waals surface area contributed by atoms with Crippen molar-refractivity contribution >= 4 is 35.4 Å². The van der Waals surface area contributed by atoms with Crippen LogP contribution in [0.25, 0.3) is 11.1 Å². The number of esters is 2. The van der Waals surface area contributed by atoms with Gasteiger partial charge in [0.25, 0.3) is 0 Å². The first-order valence-corrected chi connectivity index (χ1v) is 15.5. The third kappa shape index (κ3) is 9.63. The van der Waals surface area contributed by atoms with Crippen molar-refractivity contribution in [3.05, 3.63) is 54.1 Å². The number of ether oxygens (including phenoxy) is 2. The van der Waals surface area contributed by atoms with E-state index in [4.69, 9.17) is 9.47 Å². The maximum Gasteiger partial charge on any atom is 0.416 e. The SMILES string of the molecule is CCCCOC(=O)C(CC(C)C(=O)O)CC(CC1C(=O)N(c2cc(-c3ccccc3)cc(C(F)(F)F)c2)C(=O)C1C)C(=O)OCCO. The molecular formula is C34H40F3NO9. The van der Waals surface area contributed by atoms with Crippen LogP contribution in [0.4, 0.5) is 18.9 Å². The van der Waals surface area contributed by atoms with Crippen LogP contribution in [0.5, 0.6) is 0 Å². The Balaban J connectivity index is 1.98. The van der Waals surface area contributed by atoms with Crippen molar-refractivity contribution in [3.8, 4) is 11.1 Å². The number of carbonyl (C=O) groups excluding carboxylic acids is 4. The average molecular weight is 664 g/mol. The maximum absolute atomic E-state index is 14.0. The van der Waals surface area contributed by atoms with Gasteiger partial charge in [0.1, 0.15) is 6.61 Å². The van der Waals surface area contributed by atoms with Gasteiger partial charge in [-0.25, -0.2) is 0 Å². The highest BCUT2D eigenvalue weighted by Crippen LogP contribution is 2.41. The fourth-order valence-electron chi connectivity index (χ4n) is 5.58. The Morgan fingerprint density at radius 2 is 1.55 bits per heavy atom. The second kappa shape index (κ2) is 16.5. The number of alkyl halides is 3. The Morgan fingerprint density at radius 3 is 2.15 bits per heavy atom. The number of aliphatic hydroxyl groups excluding tert-OH is 1. The number of benzene rings is 2. The summed E-state index contributed by atoms with van der Waals surface area (Å²) in [6.45, 7) is 3.88. The van der Waals surface area contributed by atoms with Crippen LogP contribution in [0, 0.1) is 29.6 Å². The zero-order valence-electron chi connectivity index (χ0n) is 26.5. The van der Waals surface area contributed by atoms with Gasteiger partial charge in [-0.3, -0.25) is 28.9 Å². The number of nitrogens with zero attached hydrogens (tertiary/aromatic N) is 1. The lowest BCUT2D eigenvalue weighted by atomic mass is 9.80. The topological polar surface area (TPSA) is 148 Å². The Morgan fingerprint density at radius 1 is 0.915 bits per heavy atom. The predicted molar refractivity (Wildman–Crippen MR) is 164 cm³/mol. The minimum atomic E-state index is -4.79. The van der Waals surface area contributed by atoms with Crippen LogP contribution >= 0.6 is 0 Å². The van der Waals surface area contributed by atoms with Crippen molar-refractivity contribution in [3.63, 3.8) is 0 Å². The fraction of sp³-hybridized carbons (Fsp3) is 0.500. The predicted octanol–water partition coefficient (Wildman–Crippen LogP) is 5.50. The first-order chi connectivity index (χ1) is 22.2. The van der Waals surface area contributed by atoms with E-state index in [0.717, 1.165) is 18.6 Å². The zero-order chi connectivity index (χ0) is 34.9. The summed E-state index contributed by atoms with van der Waals surface area (Å²) in [4.78, 5) is 65.9. The second-order valence-electron chi connectivity index (χ2n) is 11.8. The number of aliphatic carboxylic acids is 1. The van der Waals surface area contributed by atoms with E-state index in [-0.39, 0.29) is 37.1 Å². The molecule has 13 heteroatoms. The van der Waals surface area contributed by atoms with Crippen molar-refractivity contribution in [2.75, 3.05) is 24.7 Å². The fourth-order valence-corrected chi connectivity index (χ4v) is 5.58. The van der Waals surface area contributed by atoms with Gasteiger partial charge in [-0.2, -0.15) is 13.2 Å². The van der Waals surface area contributed by atoms with E-state index in [9.17, 15) is 47.4 Å². The van der Waals surface area contributed by atoms with Gasteiger partial charge in [-0.15, -0.1) is 0 Å². The van der Waals surface area contributed by atoms with Crippen LogP contribution in [0.2, 0.25) is 0 Å². The van der Waals surface area contributed by atoms with E-state index in [2.05, 4.69) is 0 Å². The normalized spacial score (nSPS) is 18.5. The average Bonchev–Trinajstić information content (AvgIpc) is 3.24. The number of unbranched alkanes of at least 4 members (excludes halogenated alkanes) is 1. The maximum atomic E-state index is 14.0. The standard InChI is InChI=1S/C34H40F3NO9/c1-4-5-12-46-32(44)24(14-20(2)31(42)43)15-25(33(45)47-13-11-39)18-28-21(3)29(40)38(30(28)41)27-17-23(22-9-7-6-8-10-22)16-26(19-27)34(35,36)37/h6-10,16-17,19-21,24-25,28,39H,4-5,11-15,18H2,1-3H3,(H,42,43). The van der Waals surface area contributed by atoms with E-state index in [0.29, 0.717) is 16.9 Å². The molecule has 5 atom stereocenters. The number of imide groups is 1. The molecule has 1 fully saturated rings.